The topological polar surface area (TPSA) is 40.1 Å². The van der Waals surface area contributed by atoms with Gasteiger partial charge in [-0.1, -0.05) is 11.6 Å². The molecule has 2 heteroatoms. The molecule has 0 fully saturated rings. The van der Waals surface area contributed by atoms with Crippen molar-refractivity contribution in [2.45, 2.75) is 19.3 Å². The van der Waals surface area contributed by atoms with Crippen LogP contribution in [0.5, 0.6) is 0 Å². The van der Waals surface area contributed by atoms with Crippen LogP contribution in [0.3, 0.4) is 0 Å². The number of hydrogen-bond donors (Lipinski definition) is 0. The summed E-state index contributed by atoms with van der Waals surface area (Å²) in [6.45, 7) is 0. The smallest absolute Gasteiger partial charge is 0.0417 e. The second-order valence-corrected chi connectivity index (χ2v) is 1.94. The van der Waals surface area contributed by atoms with Crippen LogP contribution in [0.4, 0.5) is 0 Å². The van der Waals surface area contributed by atoms with E-state index in [2.05, 4.69) is 0 Å². The summed E-state index contributed by atoms with van der Waals surface area (Å²) in [6, 6.07) is 0. The molecule has 0 saturated heterocycles. The molecule has 0 aromatic carbocycles. The number of carbonyl (C=O) groups excluding carboxylic acids is 1. The first kappa shape index (κ1) is 5.35. The van der Waals surface area contributed by atoms with Crippen LogP contribution >= 0.6 is 0 Å². The highest BCUT2D eigenvalue weighted by Crippen LogP contribution is 2.22. The molecule has 0 saturated carbocycles. The summed E-state index contributed by atoms with van der Waals surface area (Å²) < 4.78 is 0. The van der Waals surface area contributed by atoms with Gasteiger partial charge < -0.3 is 9.90 Å². The lowest BCUT2D eigenvalue weighted by molar-refractivity contribution is -0.305. The number of carboxylic acids is 1. The Kier molecular flexibility index (Phi) is 1.33. The molecule has 0 aliphatic heterocycles. The third kappa shape index (κ3) is 1.78. The zero-order valence-corrected chi connectivity index (χ0v) is 4.52. The number of allylic oxidation sites excluding steroid dienone is 2. The summed E-state index contributed by atoms with van der Waals surface area (Å²) in [5.41, 5.74) is 1.26. The van der Waals surface area contributed by atoms with Gasteiger partial charge in [0.2, 0.25) is 0 Å². The Labute approximate surface area is 47.8 Å². The van der Waals surface area contributed by atoms with Crippen molar-refractivity contribution in [1.82, 2.24) is 0 Å². The third-order valence-electron chi connectivity index (χ3n) is 1.14. The van der Waals surface area contributed by atoms with E-state index in [0.29, 0.717) is 6.42 Å². The van der Waals surface area contributed by atoms with Crippen molar-refractivity contribution in [1.29, 1.82) is 0 Å². The largest absolute Gasteiger partial charge is 0.550 e. The van der Waals surface area contributed by atoms with Crippen LogP contribution in [0.1, 0.15) is 19.3 Å². The normalized spacial score (nSPS) is 15.2. The molecule has 1 aliphatic carbocycles. The predicted molar refractivity (Wildman–Crippen MR) is 26.9 cm³/mol. The van der Waals surface area contributed by atoms with Crippen molar-refractivity contribution in [3.05, 3.63) is 11.6 Å². The number of carbonyl (C=O) groups is 1. The molecule has 0 unspecified atom stereocenters. The van der Waals surface area contributed by atoms with Gasteiger partial charge in [0.15, 0.2) is 0 Å². The van der Waals surface area contributed by atoms with E-state index in [0.717, 1.165) is 6.42 Å². The third-order valence-corrected chi connectivity index (χ3v) is 1.14. The van der Waals surface area contributed by atoms with Crippen molar-refractivity contribution < 1.29 is 9.90 Å². The standard InChI is InChI=1S/C6H8O2/c7-6(8)4-3-5-1-2-5/h1H,2-4H2,(H,7,8)/p-1. The molecule has 0 N–H and O–H groups in total. The maximum Gasteiger partial charge on any atom is 0.0417 e. The van der Waals surface area contributed by atoms with Gasteiger partial charge in [-0.05, 0) is 19.3 Å². The fraction of sp³-hybridized carbons (Fsp3) is 0.500. The monoisotopic (exact) mass is 111 g/mol. The van der Waals surface area contributed by atoms with E-state index in [1.807, 2.05) is 6.08 Å². The molecule has 8 heavy (non-hydrogen) atoms. The van der Waals surface area contributed by atoms with Crippen LogP contribution in [0.15, 0.2) is 11.6 Å². The minimum Gasteiger partial charge on any atom is -0.550 e. The molecule has 0 atom stereocenters. The summed E-state index contributed by atoms with van der Waals surface area (Å²) in [7, 11) is 0. The van der Waals surface area contributed by atoms with E-state index in [1.54, 1.807) is 0 Å². The molecular weight excluding hydrogens is 104 g/mol. The molecule has 0 heterocycles. The predicted octanol–water partition coefficient (Wildman–Crippen LogP) is -0.153. The summed E-state index contributed by atoms with van der Waals surface area (Å²) in [6.07, 6.45) is 3.93. The van der Waals surface area contributed by atoms with Crippen LogP contribution in [0.25, 0.3) is 0 Å². The molecule has 0 radical (unpaired) electrons. The fourth-order valence-corrected chi connectivity index (χ4v) is 0.539. The molecule has 0 aromatic rings. The van der Waals surface area contributed by atoms with Crippen LogP contribution < -0.4 is 5.11 Å². The Morgan fingerprint density at radius 2 is 2.50 bits per heavy atom. The summed E-state index contributed by atoms with van der Waals surface area (Å²) in [4.78, 5) is 9.79. The maximum absolute atomic E-state index is 9.79. The number of rotatable bonds is 3. The van der Waals surface area contributed by atoms with Gasteiger partial charge in [-0.2, -0.15) is 0 Å². The Balaban J connectivity index is 2.04. The first-order chi connectivity index (χ1) is 3.79. The molecule has 0 bridgehead atoms. The number of aliphatic carboxylic acids is 1. The SMILES string of the molecule is O=C([O-])CCC1=CC1. The molecule has 0 amide bonds. The highest BCUT2D eigenvalue weighted by atomic mass is 16.4. The second-order valence-electron chi connectivity index (χ2n) is 1.94. The first-order valence-electron chi connectivity index (χ1n) is 2.67. The van der Waals surface area contributed by atoms with Gasteiger partial charge in [-0.15, -0.1) is 0 Å². The van der Waals surface area contributed by atoms with Gasteiger partial charge in [-0.3, -0.25) is 0 Å². The van der Waals surface area contributed by atoms with Crippen LogP contribution in [-0.2, 0) is 4.79 Å². The Morgan fingerprint density at radius 1 is 1.88 bits per heavy atom. The lowest BCUT2D eigenvalue weighted by atomic mass is 10.3. The average molecular weight is 111 g/mol. The van der Waals surface area contributed by atoms with Gasteiger partial charge in [0.05, 0.1) is 0 Å². The zero-order chi connectivity index (χ0) is 5.98. The van der Waals surface area contributed by atoms with E-state index in [-0.39, 0.29) is 6.42 Å². The number of carboxylic acid groups (broad SMARTS) is 1. The summed E-state index contributed by atoms with van der Waals surface area (Å²) in [5.74, 6) is -0.946. The van der Waals surface area contributed by atoms with Crippen molar-refractivity contribution in [2.24, 2.45) is 0 Å². The molecule has 1 rings (SSSR count). The molecule has 0 aromatic heterocycles. The molecule has 1 aliphatic rings. The van der Waals surface area contributed by atoms with Gasteiger partial charge in [-0.25, -0.2) is 0 Å². The second kappa shape index (κ2) is 1.99. The summed E-state index contributed by atoms with van der Waals surface area (Å²) in [5, 5.41) is 9.79. The Bertz CT molecular complexity index is 133. The molecular formula is C6H7O2-. The van der Waals surface area contributed by atoms with E-state index in [9.17, 15) is 9.90 Å². The van der Waals surface area contributed by atoms with E-state index < -0.39 is 5.97 Å². The van der Waals surface area contributed by atoms with Crippen molar-refractivity contribution in [3.63, 3.8) is 0 Å². The summed E-state index contributed by atoms with van der Waals surface area (Å²) >= 11 is 0. The Hall–Kier alpha value is -0.790. The molecule has 0 spiro atoms. The van der Waals surface area contributed by atoms with Gasteiger partial charge >= 0.3 is 0 Å². The Morgan fingerprint density at radius 3 is 2.88 bits per heavy atom. The van der Waals surface area contributed by atoms with Gasteiger partial charge in [0, 0.05) is 5.97 Å². The molecule has 2 nitrogen and oxygen atoms in total. The van der Waals surface area contributed by atoms with Crippen LogP contribution in [0, 0.1) is 0 Å². The zero-order valence-electron chi connectivity index (χ0n) is 4.52. The maximum atomic E-state index is 9.79. The van der Waals surface area contributed by atoms with Gasteiger partial charge in [0.1, 0.15) is 0 Å². The van der Waals surface area contributed by atoms with Crippen LogP contribution in [-0.4, -0.2) is 5.97 Å². The quantitative estimate of drug-likeness (QED) is 0.475. The van der Waals surface area contributed by atoms with E-state index in [4.69, 9.17) is 0 Å². The minimum atomic E-state index is -0.946. The lowest BCUT2D eigenvalue weighted by Gasteiger charge is -1.95. The lowest BCUT2D eigenvalue weighted by Crippen LogP contribution is -2.21. The van der Waals surface area contributed by atoms with Crippen molar-refractivity contribution in [3.8, 4) is 0 Å². The van der Waals surface area contributed by atoms with Crippen molar-refractivity contribution >= 4 is 5.97 Å². The van der Waals surface area contributed by atoms with Crippen molar-refractivity contribution in [2.75, 3.05) is 0 Å². The fourth-order valence-electron chi connectivity index (χ4n) is 0.539. The highest BCUT2D eigenvalue weighted by molar-refractivity contribution is 5.64. The van der Waals surface area contributed by atoms with Crippen LogP contribution in [0.2, 0.25) is 0 Å². The first-order valence-corrected chi connectivity index (χ1v) is 2.67. The minimum absolute atomic E-state index is 0.186. The van der Waals surface area contributed by atoms with E-state index >= 15 is 0 Å². The average Bonchev–Trinajstić information content (AvgIpc) is 2.41. The number of hydrogen-bond acceptors (Lipinski definition) is 2. The van der Waals surface area contributed by atoms with Gasteiger partial charge in [0.25, 0.3) is 0 Å². The van der Waals surface area contributed by atoms with E-state index in [1.165, 1.54) is 5.57 Å². The highest BCUT2D eigenvalue weighted by Gasteiger charge is 2.04. The molecule has 44 valence electrons.